The van der Waals surface area contributed by atoms with E-state index < -0.39 is 22.5 Å². The Bertz CT molecular complexity index is 840. The zero-order valence-corrected chi connectivity index (χ0v) is 15.6. The van der Waals surface area contributed by atoms with E-state index in [2.05, 4.69) is 20.4 Å². The minimum atomic E-state index is -4.61. The van der Waals surface area contributed by atoms with Crippen molar-refractivity contribution in [2.45, 2.75) is 52.4 Å². The van der Waals surface area contributed by atoms with Crippen molar-refractivity contribution in [1.82, 2.24) is 19.7 Å². The van der Waals surface area contributed by atoms with Crippen molar-refractivity contribution in [2.24, 2.45) is 0 Å². The fourth-order valence-electron chi connectivity index (χ4n) is 2.58. The first kappa shape index (κ1) is 20.9. The third-order valence-electron chi connectivity index (χ3n) is 4.02. The van der Waals surface area contributed by atoms with Gasteiger partial charge in [-0.3, -0.25) is 0 Å². The van der Waals surface area contributed by atoms with Gasteiger partial charge in [-0.1, -0.05) is 5.10 Å². The van der Waals surface area contributed by atoms with Gasteiger partial charge in [0, 0.05) is 12.2 Å². The van der Waals surface area contributed by atoms with Crippen LogP contribution in [0.25, 0.3) is 0 Å². The number of hydrogen-bond acceptors (Lipinski definition) is 6. The number of alkyl halides is 3. The molecule has 27 heavy (non-hydrogen) atoms. The molecule has 1 atom stereocenters. The van der Waals surface area contributed by atoms with Crippen LogP contribution in [0.15, 0.2) is 6.20 Å². The lowest BCUT2D eigenvalue weighted by atomic mass is 10.1. The van der Waals surface area contributed by atoms with E-state index in [0.717, 1.165) is 0 Å². The molecule has 0 saturated carbocycles. The first-order valence-electron chi connectivity index (χ1n) is 8.05. The third-order valence-corrected chi connectivity index (χ3v) is 4.20. The van der Waals surface area contributed by atoms with E-state index in [1.165, 1.54) is 4.68 Å². The maximum atomic E-state index is 13.0. The normalized spacial score (nSPS) is 12.9. The van der Waals surface area contributed by atoms with E-state index in [1.54, 1.807) is 20.8 Å². The molecule has 0 aliphatic heterocycles. The predicted molar refractivity (Wildman–Crippen MR) is 92.7 cm³/mol. The van der Waals surface area contributed by atoms with Crippen LogP contribution in [0, 0.1) is 24.0 Å². The molecule has 0 spiro atoms. The average Bonchev–Trinajstić information content (AvgIpc) is 2.80. The van der Waals surface area contributed by atoms with Crippen LogP contribution in [0.4, 0.5) is 24.8 Å². The Kier molecular flexibility index (Phi) is 6.24. The van der Waals surface area contributed by atoms with Gasteiger partial charge < -0.3 is 15.4 Å². The topological polar surface area (TPSA) is 98.8 Å². The quantitative estimate of drug-likeness (QED) is 0.421. The van der Waals surface area contributed by atoms with Crippen LogP contribution in [0.2, 0.25) is 5.28 Å². The van der Waals surface area contributed by atoms with Crippen molar-refractivity contribution in [3.63, 3.8) is 0 Å². The van der Waals surface area contributed by atoms with Gasteiger partial charge in [0.2, 0.25) is 5.28 Å². The molecule has 2 rings (SSSR count). The first-order chi connectivity index (χ1) is 12.5. The SMILES string of the molecule is Cc1nn(CCCC(C)Nc2nc(Cl)ncc2C(F)(F)F)c([N+](=O)[O-])c1C. The maximum absolute atomic E-state index is 13.0. The molecular formula is C15H18ClF3N6O2. The molecule has 0 aliphatic rings. The van der Waals surface area contributed by atoms with Gasteiger partial charge in [0.15, 0.2) is 0 Å². The number of rotatable bonds is 7. The van der Waals surface area contributed by atoms with Crippen LogP contribution in [0.1, 0.15) is 36.6 Å². The number of nitro groups is 1. The van der Waals surface area contributed by atoms with Crippen LogP contribution in [0.5, 0.6) is 0 Å². The average molecular weight is 407 g/mol. The van der Waals surface area contributed by atoms with Crippen molar-refractivity contribution in [3.05, 3.63) is 38.4 Å². The largest absolute Gasteiger partial charge is 0.421 e. The fraction of sp³-hybridized carbons (Fsp3) is 0.533. The Hall–Kier alpha value is -2.43. The second-order valence-electron chi connectivity index (χ2n) is 6.10. The molecule has 148 valence electrons. The highest BCUT2D eigenvalue weighted by Crippen LogP contribution is 2.34. The van der Waals surface area contributed by atoms with Crippen molar-refractivity contribution in [1.29, 1.82) is 0 Å². The van der Waals surface area contributed by atoms with Gasteiger partial charge in [-0.05, 0) is 50.1 Å². The summed E-state index contributed by atoms with van der Waals surface area (Å²) in [4.78, 5) is 17.7. The highest BCUT2D eigenvalue weighted by molar-refractivity contribution is 6.28. The number of halogens is 4. The van der Waals surface area contributed by atoms with Crippen LogP contribution in [-0.2, 0) is 12.7 Å². The first-order valence-corrected chi connectivity index (χ1v) is 8.43. The highest BCUT2D eigenvalue weighted by atomic mass is 35.5. The molecule has 12 heteroatoms. The van der Waals surface area contributed by atoms with Crippen LogP contribution in [0.3, 0.4) is 0 Å². The van der Waals surface area contributed by atoms with Gasteiger partial charge in [0.05, 0.1) is 11.3 Å². The summed E-state index contributed by atoms with van der Waals surface area (Å²) in [5.74, 6) is -0.471. The molecule has 1 N–H and O–H groups in total. The Labute approximate surface area is 157 Å². The molecule has 0 bridgehead atoms. The van der Waals surface area contributed by atoms with Gasteiger partial charge in [-0.2, -0.15) is 13.2 Å². The number of hydrogen-bond donors (Lipinski definition) is 1. The summed E-state index contributed by atoms with van der Waals surface area (Å²) in [6.07, 6.45) is -3.08. The number of aromatic nitrogens is 4. The monoisotopic (exact) mass is 406 g/mol. The van der Waals surface area contributed by atoms with Crippen molar-refractivity contribution in [3.8, 4) is 0 Å². The molecule has 0 fully saturated rings. The van der Waals surface area contributed by atoms with Crippen molar-refractivity contribution >= 4 is 23.2 Å². The summed E-state index contributed by atoms with van der Waals surface area (Å²) in [5.41, 5.74) is 0.0580. The highest BCUT2D eigenvalue weighted by Gasteiger charge is 2.35. The van der Waals surface area contributed by atoms with E-state index in [9.17, 15) is 23.3 Å². The standard InChI is InChI=1S/C15H18ClF3N6O2/c1-8(21-12-11(15(17,18)19)7-20-14(16)22-12)5-4-6-24-13(25(26)27)9(2)10(3)23-24/h7-8H,4-6H2,1-3H3,(H,20,21,22). The van der Waals surface area contributed by atoms with Crippen LogP contribution in [-0.4, -0.2) is 30.7 Å². The molecule has 2 aromatic heterocycles. The fourth-order valence-corrected chi connectivity index (χ4v) is 2.71. The predicted octanol–water partition coefficient (Wildman–Crippen LogP) is 4.15. The maximum Gasteiger partial charge on any atom is 0.421 e. The Balaban J connectivity index is 2.02. The summed E-state index contributed by atoms with van der Waals surface area (Å²) in [5, 5.41) is 17.7. The zero-order valence-electron chi connectivity index (χ0n) is 14.8. The second-order valence-corrected chi connectivity index (χ2v) is 6.44. The summed E-state index contributed by atoms with van der Waals surface area (Å²) in [7, 11) is 0. The second kappa shape index (κ2) is 8.07. The molecule has 2 heterocycles. The van der Waals surface area contributed by atoms with Gasteiger partial charge in [-0.25, -0.2) is 9.97 Å². The van der Waals surface area contributed by atoms with Crippen molar-refractivity contribution < 1.29 is 18.1 Å². The smallest absolute Gasteiger partial charge is 0.367 e. The third kappa shape index (κ3) is 5.06. The van der Waals surface area contributed by atoms with E-state index in [4.69, 9.17) is 11.6 Å². The Morgan fingerprint density at radius 3 is 2.67 bits per heavy atom. The summed E-state index contributed by atoms with van der Waals surface area (Å²) in [6, 6.07) is -0.381. The van der Waals surface area contributed by atoms with E-state index in [1.807, 2.05) is 0 Å². The minimum Gasteiger partial charge on any atom is -0.367 e. The van der Waals surface area contributed by atoms with Crippen molar-refractivity contribution in [2.75, 3.05) is 5.32 Å². The molecule has 0 amide bonds. The van der Waals surface area contributed by atoms with Gasteiger partial charge in [-0.15, -0.1) is 4.68 Å². The van der Waals surface area contributed by atoms with Gasteiger partial charge in [0.1, 0.15) is 17.9 Å². The summed E-state index contributed by atoms with van der Waals surface area (Å²) < 4.78 is 40.4. The van der Waals surface area contributed by atoms with E-state index in [0.29, 0.717) is 30.3 Å². The lowest BCUT2D eigenvalue weighted by Gasteiger charge is -2.17. The lowest BCUT2D eigenvalue weighted by Crippen LogP contribution is -2.21. The molecule has 0 aromatic carbocycles. The molecule has 1 unspecified atom stereocenters. The van der Waals surface area contributed by atoms with E-state index in [-0.39, 0.29) is 23.7 Å². The summed E-state index contributed by atoms with van der Waals surface area (Å²) in [6.45, 7) is 5.26. The molecule has 0 saturated heterocycles. The van der Waals surface area contributed by atoms with Crippen LogP contribution >= 0.6 is 11.6 Å². The lowest BCUT2D eigenvalue weighted by molar-refractivity contribution is -0.393. The Morgan fingerprint density at radius 2 is 2.07 bits per heavy atom. The summed E-state index contributed by atoms with van der Waals surface area (Å²) >= 11 is 5.59. The Morgan fingerprint density at radius 1 is 1.41 bits per heavy atom. The van der Waals surface area contributed by atoms with Gasteiger partial charge >= 0.3 is 12.0 Å². The molecule has 0 aliphatic carbocycles. The van der Waals surface area contributed by atoms with E-state index >= 15 is 0 Å². The number of anilines is 1. The molecule has 8 nitrogen and oxygen atoms in total. The molecule has 2 aromatic rings. The molecule has 0 radical (unpaired) electrons. The number of nitrogens with one attached hydrogen (secondary N) is 1. The number of aryl methyl sites for hydroxylation is 2. The minimum absolute atomic E-state index is 0.0740. The zero-order chi connectivity index (χ0) is 20.4. The number of nitrogens with zero attached hydrogens (tertiary/aromatic N) is 5. The molecular weight excluding hydrogens is 389 g/mol. The van der Waals surface area contributed by atoms with Gasteiger partial charge in [0.25, 0.3) is 0 Å². The van der Waals surface area contributed by atoms with Crippen LogP contribution < -0.4 is 5.32 Å².